The lowest BCUT2D eigenvalue weighted by Crippen LogP contribution is -2.47. The summed E-state index contributed by atoms with van der Waals surface area (Å²) in [6.45, 7) is 9.25. The van der Waals surface area contributed by atoms with Gasteiger partial charge in [0, 0.05) is 56.6 Å². The maximum atomic E-state index is 12.9. The molecule has 2 aliphatic heterocycles. The Balaban J connectivity index is 1.30. The van der Waals surface area contributed by atoms with E-state index in [-0.39, 0.29) is 11.9 Å². The van der Waals surface area contributed by atoms with Crippen LogP contribution in [0, 0.1) is 6.92 Å². The van der Waals surface area contributed by atoms with Crippen LogP contribution in [0.2, 0.25) is 0 Å². The van der Waals surface area contributed by atoms with E-state index >= 15 is 0 Å². The standard InChI is InChI=1S/C23H29N3O/c1-18-6-5-8-21(16-18)25-14-12-24(13-15-25)11-10-23(27)26-19(2)17-20-7-3-4-9-22(20)26/h3-9,16,19H,10-15,17H2,1-2H3. The van der Waals surface area contributed by atoms with E-state index in [9.17, 15) is 4.79 Å². The molecule has 2 aromatic rings. The summed E-state index contributed by atoms with van der Waals surface area (Å²) in [7, 11) is 0. The minimum Gasteiger partial charge on any atom is -0.369 e. The van der Waals surface area contributed by atoms with Gasteiger partial charge in [-0.25, -0.2) is 0 Å². The Morgan fingerprint density at radius 1 is 1.04 bits per heavy atom. The molecule has 0 saturated carbocycles. The summed E-state index contributed by atoms with van der Waals surface area (Å²) >= 11 is 0. The van der Waals surface area contributed by atoms with E-state index < -0.39 is 0 Å². The van der Waals surface area contributed by atoms with Gasteiger partial charge in [0.25, 0.3) is 0 Å². The van der Waals surface area contributed by atoms with E-state index in [1.54, 1.807) is 0 Å². The Morgan fingerprint density at radius 3 is 2.59 bits per heavy atom. The van der Waals surface area contributed by atoms with Crippen molar-refractivity contribution in [3.05, 3.63) is 59.7 Å². The first-order chi connectivity index (χ1) is 13.1. The Kier molecular flexibility index (Phi) is 5.17. The molecule has 1 saturated heterocycles. The lowest BCUT2D eigenvalue weighted by Gasteiger charge is -2.36. The molecule has 4 heteroatoms. The minimum absolute atomic E-state index is 0.258. The predicted molar refractivity (Wildman–Crippen MR) is 112 cm³/mol. The molecular weight excluding hydrogens is 334 g/mol. The van der Waals surface area contributed by atoms with Crippen LogP contribution in [0.15, 0.2) is 48.5 Å². The molecule has 4 rings (SSSR count). The second-order valence-corrected chi connectivity index (χ2v) is 7.86. The number of nitrogens with zero attached hydrogens (tertiary/aromatic N) is 3. The van der Waals surface area contributed by atoms with Crippen molar-refractivity contribution < 1.29 is 4.79 Å². The molecule has 1 fully saturated rings. The zero-order valence-corrected chi connectivity index (χ0v) is 16.4. The Labute approximate surface area is 162 Å². The van der Waals surface area contributed by atoms with Gasteiger partial charge >= 0.3 is 0 Å². The maximum absolute atomic E-state index is 12.9. The number of aryl methyl sites for hydroxylation is 1. The predicted octanol–water partition coefficient (Wildman–Crippen LogP) is 3.48. The van der Waals surface area contributed by atoms with E-state index in [2.05, 4.69) is 66.1 Å². The molecule has 2 heterocycles. The van der Waals surface area contributed by atoms with E-state index in [1.165, 1.54) is 16.8 Å². The first-order valence-electron chi connectivity index (χ1n) is 10.1. The van der Waals surface area contributed by atoms with Gasteiger partial charge in [0.2, 0.25) is 5.91 Å². The molecule has 2 aliphatic rings. The van der Waals surface area contributed by atoms with Gasteiger partial charge < -0.3 is 9.80 Å². The number of para-hydroxylation sites is 1. The highest BCUT2D eigenvalue weighted by Crippen LogP contribution is 2.32. The molecule has 0 bridgehead atoms. The molecule has 27 heavy (non-hydrogen) atoms. The van der Waals surface area contributed by atoms with Gasteiger partial charge in [0.15, 0.2) is 0 Å². The summed E-state index contributed by atoms with van der Waals surface area (Å²) in [6, 6.07) is 17.3. The van der Waals surface area contributed by atoms with Crippen molar-refractivity contribution in [2.24, 2.45) is 0 Å². The summed E-state index contributed by atoms with van der Waals surface area (Å²) in [4.78, 5) is 19.8. The largest absolute Gasteiger partial charge is 0.369 e. The maximum Gasteiger partial charge on any atom is 0.228 e. The van der Waals surface area contributed by atoms with Crippen molar-refractivity contribution >= 4 is 17.3 Å². The van der Waals surface area contributed by atoms with Gasteiger partial charge in [0.05, 0.1) is 0 Å². The highest BCUT2D eigenvalue weighted by molar-refractivity contribution is 5.96. The number of fused-ring (bicyclic) bond motifs is 1. The van der Waals surface area contributed by atoms with Crippen LogP contribution < -0.4 is 9.80 Å². The van der Waals surface area contributed by atoms with E-state index in [4.69, 9.17) is 0 Å². The SMILES string of the molecule is Cc1cccc(N2CCN(CCC(=O)N3c4ccccc4CC3C)CC2)c1. The average molecular weight is 364 g/mol. The van der Waals surface area contributed by atoms with Crippen LogP contribution in [0.5, 0.6) is 0 Å². The van der Waals surface area contributed by atoms with Crippen molar-refractivity contribution in [1.82, 2.24) is 4.90 Å². The highest BCUT2D eigenvalue weighted by atomic mass is 16.2. The Morgan fingerprint density at radius 2 is 1.81 bits per heavy atom. The normalized spacial score (nSPS) is 20.0. The first kappa shape index (κ1) is 18.1. The van der Waals surface area contributed by atoms with Crippen LogP contribution in [0.4, 0.5) is 11.4 Å². The van der Waals surface area contributed by atoms with Gasteiger partial charge in [-0.3, -0.25) is 9.69 Å². The fourth-order valence-electron chi connectivity index (χ4n) is 4.37. The smallest absolute Gasteiger partial charge is 0.228 e. The minimum atomic E-state index is 0.258. The molecule has 1 unspecified atom stereocenters. The number of hydrogen-bond donors (Lipinski definition) is 0. The van der Waals surface area contributed by atoms with Gasteiger partial charge in [-0.05, 0) is 49.6 Å². The molecule has 4 nitrogen and oxygen atoms in total. The third-order valence-electron chi connectivity index (χ3n) is 5.86. The lowest BCUT2D eigenvalue weighted by atomic mass is 10.1. The second-order valence-electron chi connectivity index (χ2n) is 7.86. The van der Waals surface area contributed by atoms with E-state index in [0.717, 1.165) is 44.8 Å². The van der Waals surface area contributed by atoms with Crippen molar-refractivity contribution in [1.29, 1.82) is 0 Å². The average Bonchev–Trinajstić information content (AvgIpc) is 3.02. The van der Waals surface area contributed by atoms with Crippen LogP contribution in [0.25, 0.3) is 0 Å². The van der Waals surface area contributed by atoms with Gasteiger partial charge in [-0.15, -0.1) is 0 Å². The quantitative estimate of drug-likeness (QED) is 0.832. The topological polar surface area (TPSA) is 26.8 Å². The zero-order valence-electron chi connectivity index (χ0n) is 16.4. The number of rotatable bonds is 4. The Hall–Kier alpha value is -2.33. The van der Waals surface area contributed by atoms with Crippen LogP contribution >= 0.6 is 0 Å². The van der Waals surface area contributed by atoms with Crippen LogP contribution in [0.1, 0.15) is 24.5 Å². The van der Waals surface area contributed by atoms with Crippen molar-refractivity contribution in [2.75, 3.05) is 42.5 Å². The Bertz CT molecular complexity index is 811. The molecule has 0 N–H and O–H groups in total. The fourth-order valence-corrected chi connectivity index (χ4v) is 4.37. The summed E-state index contributed by atoms with van der Waals surface area (Å²) in [5, 5.41) is 0. The zero-order chi connectivity index (χ0) is 18.8. The molecule has 0 radical (unpaired) electrons. The molecule has 142 valence electrons. The highest BCUT2D eigenvalue weighted by Gasteiger charge is 2.30. The number of anilines is 2. The van der Waals surface area contributed by atoms with Gasteiger partial charge in [-0.2, -0.15) is 0 Å². The number of hydrogen-bond acceptors (Lipinski definition) is 3. The van der Waals surface area contributed by atoms with Crippen LogP contribution in [-0.4, -0.2) is 49.6 Å². The molecule has 0 aromatic heterocycles. The van der Waals surface area contributed by atoms with E-state index in [0.29, 0.717) is 6.42 Å². The lowest BCUT2D eigenvalue weighted by molar-refractivity contribution is -0.119. The molecular formula is C23H29N3O. The molecule has 2 aromatic carbocycles. The van der Waals surface area contributed by atoms with E-state index in [1.807, 2.05) is 11.0 Å². The van der Waals surface area contributed by atoms with Gasteiger partial charge in [-0.1, -0.05) is 30.3 Å². The summed E-state index contributed by atoms with van der Waals surface area (Å²) in [5.41, 5.74) is 5.03. The monoisotopic (exact) mass is 363 g/mol. The third-order valence-corrected chi connectivity index (χ3v) is 5.86. The third kappa shape index (κ3) is 3.86. The molecule has 0 spiro atoms. The number of carbonyl (C=O) groups excluding carboxylic acids is 1. The number of carbonyl (C=O) groups is 1. The number of piperazine rings is 1. The summed E-state index contributed by atoms with van der Waals surface area (Å²) in [6.07, 6.45) is 1.57. The van der Waals surface area contributed by atoms with Crippen LogP contribution in [0.3, 0.4) is 0 Å². The summed E-state index contributed by atoms with van der Waals surface area (Å²) < 4.78 is 0. The molecule has 0 aliphatic carbocycles. The number of amides is 1. The first-order valence-corrected chi connectivity index (χ1v) is 10.1. The van der Waals surface area contributed by atoms with Crippen LogP contribution in [-0.2, 0) is 11.2 Å². The summed E-state index contributed by atoms with van der Waals surface area (Å²) in [5.74, 6) is 0.258. The van der Waals surface area contributed by atoms with Crippen molar-refractivity contribution in [3.8, 4) is 0 Å². The second kappa shape index (κ2) is 7.73. The van der Waals surface area contributed by atoms with Gasteiger partial charge in [0.1, 0.15) is 0 Å². The molecule has 1 amide bonds. The number of benzene rings is 2. The van der Waals surface area contributed by atoms with Crippen molar-refractivity contribution in [2.45, 2.75) is 32.7 Å². The molecule has 1 atom stereocenters. The fraction of sp³-hybridized carbons (Fsp3) is 0.435. The van der Waals surface area contributed by atoms with Crippen molar-refractivity contribution in [3.63, 3.8) is 0 Å².